The Morgan fingerprint density at radius 3 is 2.41 bits per heavy atom. The van der Waals surface area contributed by atoms with Crippen LogP contribution in [-0.2, 0) is 14.3 Å². The molecule has 0 bridgehead atoms. The highest BCUT2D eigenvalue weighted by Crippen LogP contribution is 2.26. The topological polar surface area (TPSA) is 76.4 Å². The van der Waals surface area contributed by atoms with Gasteiger partial charge in [0.1, 0.15) is 11.8 Å². The van der Waals surface area contributed by atoms with Crippen LogP contribution in [0.1, 0.15) is 17.2 Å². The Balaban J connectivity index is 2.29. The maximum absolute atomic E-state index is 12.2. The molecule has 2 rings (SSSR count). The second kappa shape index (κ2) is 6.60. The van der Waals surface area contributed by atoms with E-state index in [2.05, 4.69) is 0 Å². The Morgan fingerprint density at radius 1 is 1.14 bits per heavy atom. The molecule has 0 radical (unpaired) electrons. The molecule has 1 unspecified atom stereocenters. The number of nitrogens with zero attached hydrogens (tertiary/aromatic N) is 1. The Labute approximate surface area is 129 Å². The van der Waals surface area contributed by atoms with Crippen molar-refractivity contribution in [3.63, 3.8) is 0 Å². The van der Waals surface area contributed by atoms with Gasteiger partial charge in [0.25, 0.3) is 10.1 Å². The third-order valence-corrected chi connectivity index (χ3v) is 4.34. The summed E-state index contributed by atoms with van der Waals surface area (Å²) < 4.78 is 34.6. The predicted octanol–water partition coefficient (Wildman–Crippen LogP) is 2.97. The number of aryl methyl sites for hydroxylation is 1. The summed E-state index contributed by atoms with van der Waals surface area (Å²) in [7, 11) is -2.53. The van der Waals surface area contributed by atoms with Gasteiger partial charge < -0.3 is 4.74 Å². The molecule has 0 amide bonds. The smallest absolute Gasteiger partial charge is 0.298 e. The van der Waals surface area contributed by atoms with Crippen molar-refractivity contribution in [1.29, 1.82) is 5.26 Å². The molecule has 2 aromatic rings. The first kappa shape index (κ1) is 16.0. The van der Waals surface area contributed by atoms with Crippen molar-refractivity contribution < 1.29 is 17.3 Å². The van der Waals surface area contributed by atoms with Crippen molar-refractivity contribution in [2.45, 2.75) is 17.9 Å². The van der Waals surface area contributed by atoms with Crippen LogP contribution in [0.2, 0.25) is 0 Å². The zero-order chi connectivity index (χ0) is 16.2. The van der Waals surface area contributed by atoms with E-state index in [9.17, 15) is 13.7 Å². The van der Waals surface area contributed by atoms with Crippen LogP contribution < -0.4 is 4.74 Å². The molecule has 0 saturated heterocycles. The molecule has 0 saturated carbocycles. The predicted molar refractivity (Wildman–Crippen MR) is 80.8 cm³/mol. The summed E-state index contributed by atoms with van der Waals surface area (Å²) >= 11 is 0. The van der Waals surface area contributed by atoms with E-state index in [0.29, 0.717) is 11.3 Å². The highest BCUT2D eigenvalue weighted by molar-refractivity contribution is 7.86. The van der Waals surface area contributed by atoms with E-state index in [1.165, 1.54) is 19.2 Å². The van der Waals surface area contributed by atoms with Crippen LogP contribution in [0.5, 0.6) is 5.75 Å². The third-order valence-electron chi connectivity index (χ3n) is 3.05. The molecule has 22 heavy (non-hydrogen) atoms. The van der Waals surface area contributed by atoms with Crippen molar-refractivity contribution >= 4 is 10.1 Å². The van der Waals surface area contributed by atoms with Crippen molar-refractivity contribution in [2.75, 3.05) is 7.11 Å². The maximum atomic E-state index is 12.2. The Bertz CT molecular complexity index is 792. The lowest BCUT2D eigenvalue weighted by Crippen LogP contribution is -2.11. The summed E-state index contributed by atoms with van der Waals surface area (Å²) in [5.41, 5.74) is 1.35. The molecular weight excluding hydrogens is 302 g/mol. The van der Waals surface area contributed by atoms with Crippen LogP contribution in [0, 0.1) is 18.3 Å². The summed E-state index contributed by atoms with van der Waals surface area (Å²) in [5.74, 6) is 0.522. The van der Waals surface area contributed by atoms with Crippen molar-refractivity contribution in [3.8, 4) is 11.8 Å². The normalized spacial score (nSPS) is 12.4. The van der Waals surface area contributed by atoms with Crippen molar-refractivity contribution in [3.05, 3.63) is 59.7 Å². The van der Waals surface area contributed by atoms with Gasteiger partial charge in [0.2, 0.25) is 0 Å². The van der Waals surface area contributed by atoms with E-state index < -0.39 is 16.2 Å². The summed E-state index contributed by atoms with van der Waals surface area (Å²) in [6.07, 6.45) is -1.23. The van der Waals surface area contributed by atoms with Gasteiger partial charge in [-0.15, -0.1) is 0 Å². The lowest BCUT2D eigenvalue weighted by atomic mass is 10.1. The molecule has 0 heterocycles. The van der Waals surface area contributed by atoms with Gasteiger partial charge in [0, 0.05) is 5.56 Å². The fraction of sp³-hybridized carbons (Fsp3) is 0.188. The maximum Gasteiger partial charge on any atom is 0.298 e. The van der Waals surface area contributed by atoms with Crippen LogP contribution in [0.25, 0.3) is 0 Å². The van der Waals surface area contributed by atoms with Gasteiger partial charge in [0.05, 0.1) is 12.0 Å². The molecule has 0 aliphatic heterocycles. The zero-order valence-corrected chi connectivity index (χ0v) is 13.0. The van der Waals surface area contributed by atoms with Gasteiger partial charge in [0.15, 0.2) is 6.10 Å². The van der Waals surface area contributed by atoms with Crippen LogP contribution in [-0.4, -0.2) is 15.5 Å². The second-order valence-corrected chi connectivity index (χ2v) is 6.22. The van der Waals surface area contributed by atoms with Crippen LogP contribution in [0.15, 0.2) is 53.4 Å². The average Bonchev–Trinajstić information content (AvgIpc) is 2.53. The largest absolute Gasteiger partial charge is 0.497 e. The van der Waals surface area contributed by atoms with E-state index >= 15 is 0 Å². The first-order valence-corrected chi connectivity index (χ1v) is 7.90. The number of nitriles is 1. The SMILES string of the molecule is COc1cccc(C(C#N)OS(=O)(=O)c2ccc(C)cc2)c1. The summed E-state index contributed by atoms with van der Waals surface area (Å²) in [6.45, 7) is 1.85. The van der Waals surface area contributed by atoms with Crippen molar-refractivity contribution in [2.24, 2.45) is 0 Å². The van der Waals surface area contributed by atoms with Crippen LogP contribution in [0.3, 0.4) is 0 Å². The van der Waals surface area contributed by atoms with Crippen LogP contribution in [0.4, 0.5) is 0 Å². The van der Waals surface area contributed by atoms with Gasteiger partial charge in [-0.1, -0.05) is 29.8 Å². The number of rotatable bonds is 5. The third kappa shape index (κ3) is 3.64. The summed E-state index contributed by atoms with van der Waals surface area (Å²) in [5, 5.41) is 9.22. The zero-order valence-electron chi connectivity index (χ0n) is 12.2. The molecule has 6 heteroatoms. The Morgan fingerprint density at radius 2 is 1.82 bits per heavy atom. The molecule has 0 spiro atoms. The molecule has 5 nitrogen and oxygen atoms in total. The minimum atomic E-state index is -4.02. The van der Waals surface area contributed by atoms with Crippen molar-refractivity contribution in [1.82, 2.24) is 0 Å². The fourth-order valence-electron chi connectivity index (χ4n) is 1.84. The molecular formula is C16H15NO4S. The quantitative estimate of drug-likeness (QED) is 0.792. The van der Waals surface area contributed by atoms with Gasteiger partial charge in [-0.3, -0.25) is 0 Å². The minimum Gasteiger partial charge on any atom is -0.497 e. The number of hydrogen-bond donors (Lipinski definition) is 0. The highest BCUT2D eigenvalue weighted by Gasteiger charge is 2.23. The molecule has 2 aromatic carbocycles. The number of hydrogen-bond acceptors (Lipinski definition) is 5. The molecule has 0 aliphatic carbocycles. The Kier molecular flexibility index (Phi) is 4.81. The lowest BCUT2D eigenvalue weighted by molar-refractivity contribution is 0.267. The van der Waals surface area contributed by atoms with E-state index in [0.717, 1.165) is 5.56 Å². The fourth-order valence-corrected chi connectivity index (χ4v) is 2.83. The first-order chi connectivity index (χ1) is 10.5. The van der Waals surface area contributed by atoms with Gasteiger partial charge in [-0.25, -0.2) is 4.18 Å². The van der Waals surface area contributed by atoms with E-state index in [1.807, 2.05) is 13.0 Å². The summed E-state index contributed by atoms with van der Waals surface area (Å²) in [4.78, 5) is 0.0150. The standard InChI is InChI=1S/C16H15NO4S/c1-12-6-8-15(9-7-12)22(18,19)21-16(11-17)13-4-3-5-14(10-13)20-2/h3-10,16H,1-2H3. The molecule has 0 aliphatic rings. The highest BCUT2D eigenvalue weighted by atomic mass is 32.2. The van der Waals surface area contributed by atoms with Crippen LogP contribution >= 0.6 is 0 Å². The van der Waals surface area contributed by atoms with Gasteiger partial charge in [-0.2, -0.15) is 13.7 Å². The molecule has 114 valence electrons. The number of benzene rings is 2. The summed E-state index contributed by atoms with van der Waals surface area (Å²) in [6, 6.07) is 14.6. The molecule has 1 atom stereocenters. The lowest BCUT2D eigenvalue weighted by Gasteiger charge is -2.12. The Hall–Kier alpha value is -2.36. The van der Waals surface area contributed by atoms with E-state index in [4.69, 9.17) is 8.92 Å². The number of ether oxygens (including phenoxy) is 1. The van der Waals surface area contributed by atoms with E-state index in [1.54, 1.807) is 36.4 Å². The average molecular weight is 317 g/mol. The van der Waals surface area contributed by atoms with Gasteiger partial charge in [-0.05, 0) is 31.2 Å². The monoisotopic (exact) mass is 317 g/mol. The molecule has 0 N–H and O–H groups in total. The second-order valence-electron chi connectivity index (χ2n) is 4.65. The number of methoxy groups -OCH3 is 1. The molecule has 0 fully saturated rings. The van der Waals surface area contributed by atoms with E-state index in [-0.39, 0.29) is 4.90 Å². The van der Waals surface area contributed by atoms with Gasteiger partial charge >= 0.3 is 0 Å². The minimum absolute atomic E-state index is 0.0150. The molecule has 0 aromatic heterocycles. The first-order valence-electron chi connectivity index (χ1n) is 6.50.